The molecule has 0 aliphatic rings. The standard InChI is InChI=1S/C13H15F4N5O2/c1-7-8-10(18-6-19-11(8)24-20-7)21(2)4-5-22(3)12(23)9(14)13(15,16)17/h6,9H,4-5H2,1-3H3. The van der Waals surface area contributed by atoms with Crippen molar-refractivity contribution >= 4 is 22.8 Å². The second kappa shape index (κ2) is 6.57. The molecular weight excluding hydrogens is 334 g/mol. The number of aryl methyl sites for hydroxylation is 1. The number of carbonyl (C=O) groups excluding carboxylic acids is 1. The summed E-state index contributed by atoms with van der Waals surface area (Å²) in [4.78, 5) is 21.7. The minimum atomic E-state index is -5.21. The molecule has 1 unspecified atom stereocenters. The smallest absolute Gasteiger partial charge is 0.357 e. The lowest BCUT2D eigenvalue weighted by Gasteiger charge is -2.24. The quantitative estimate of drug-likeness (QED) is 0.765. The molecule has 1 amide bonds. The molecular formula is C13H15F4N5O2. The van der Waals surface area contributed by atoms with E-state index in [1.54, 1.807) is 18.9 Å². The Morgan fingerprint density at radius 2 is 1.96 bits per heavy atom. The third kappa shape index (κ3) is 3.54. The monoisotopic (exact) mass is 349 g/mol. The van der Waals surface area contributed by atoms with Crippen LogP contribution in [0.3, 0.4) is 0 Å². The zero-order valence-electron chi connectivity index (χ0n) is 13.1. The molecule has 0 aliphatic carbocycles. The molecule has 2 heterocycles. The van der Waals surface area contributed by atoms with Crippen LogP contribution in [0, 0.1) is 6.92 Å². The number of likely N-dealkylation sites (N-methyl/N-ethyl adjacent to an activating group) is 2. The van der Waals surface area contributed by atoms with Crippen LogP contribution in [0.4, 0.5) is 23.4 Å². The summed E-state index contributed by atoms with van der Waals surface area (Å²) in [6.07, 6.45) is -7.48. The lowest BCUT2D eigenvalue weighted by molar-refractivity contribution is -0.192. The molecule has 0 fully saturated rings. The van der Waals surface area contributed by atoms with Crippen LogP contribution in [0.5, 0.6) is 0 Å². The first-order valence-corrected chi connectivity index (χ1v) is 6.86. The molecule has 2 aromatic heterocycles. The third-order valence-electron chi connectivity index (χ3n) is 3.44. The third-order valence-corrected chi connectivity index (χ3v) is 3.44. The lowest BCUT2D eigenvalue weighted by atomic mass is 10.3. The van der Waals surface area contributed by atoms with Crippen LogP contribution < -0.4 is 4.90 Å². The zero-order valence-corrected chi connectivity index (χ0v) is 13.1. The molecule has 0 N–H and O–H groups in total. The average molecular weight is 349 g/mol. The van der Waals surface area contributed by atoms with Crippen molar-refractivity contribution in [3.8, 4) is 0 Å². The first-order valence-electron chi connectivity index (χ1n) is 6.86. The molecule has 0 aliphatic heterocycles. The van der Waals surface area contributed by atoms with Crippen molar-refractivity contribution < 1.29 is 26.9 Å². The average Bonchev–Trinajstić information content (AvgIpc) is 2.91. The van der Waals surface area contributed by atoms with Crippen molar-refractivity contribution in [2.45, 2.75) is 19.3 Å². The van der Waals surface area contributed by atoms with Crippen molar-refractivity contribution in [1.82, 2.24) is 20.0 Å². The van der Waals surface area contributed by atoms with E-state index < -0.39 is 18.3 Å². The van der Waals surface area contributed by atoms with E-state index >= 15 is 0 Å². The van der Waals surface area contributed by atoms with Crippen LogP contribution in [0.15, 0.2) is 10.9 Å². The van der Waals surface area contributed by atoms with Crippen molar-refractivity contribution in [2.75, 3.05) is 32.1 Å². The highest BCUT2D eigenvalue weighted by Gasteiger charge is 2.46. The van der Waals surface area contributed by atoms with E-state index in [-0.39, 0.29) is 18.8 Å². The molecule has 7 nitrogen and oxygen atoms in total. The van der Waals surface area contributed by atoms with Gasteiger partial charge in [0.1, 0.15) is 17.5 Å². The van der Waals surface area contributed by atoms with E-state index in [4.69, 9.17) is 4.52 Å². The summed E-state index contributed by atoms with van der Waals surface area (Å²) in [5.41, 5.74) is 0.826. The van der Waals surface area contributed by atoms with Gasteiger partial charge in [-0.1, -0.05) is 5.16 Å². The van der Waals surface area contributed by atoms with Gasteiger partial charge in [0, 0.05) is 27.2 Å². The van der Waals surface area contributed by atoms with Crippen molar-refractivity contribution in [2.24, 2.45) is 0 Å². The van der Waals surface area contributed by atoms with Crippen LogP contribution in [0.2, 0.25) is 0 Å². The number of anilines is 1. The predicted octanol–water partition coefficient (Wildman–Crippen LogP) is 1.72. The molecule has 2 rings (SSSR count). The van der Waals surface area contributed by atoms with Gasteiger partial charge in [0.25, 0.3) is 17.8 Å². The van der Waals surface area contributed by atoms with Gasteiger partial charge in [0.15, 0.2) is 0 Å². The molecule has 0 radical (unpaired) electrons. The topological polar surface area (TPSA) is 75.4 Å². The number of aromatic nitrogens is 3. The summed E-state index contributed by atoms with van der Waals surface area (Å²) < 4.78 is 54.8. The van der Waals surface area contributed by atoms with Crippen molar-refractivity contribution in [3.63, 3.8) is 0 Å². The molecule has 0 aromatic carbocycles. The molecule has 1 atom stereocenters. The van der Waals surface area contributed by atoms with Crippen LogP contribution in [0.25, 0.3) is 11.1 Å². The normalized spacial score (nSPS) is 13.1. The fourth-order valence-corrected chi connectivity index (χ4v) is 2.04. The maximum absolute atomic E-state index is 13.0. The largest absolute Gasteiger partial charge is 0.428 e. The predicted molar refractivity (Wildman–Crippen MR) is 76.2 cm³/mol. The molecule has 0 spiro atoms. The highest BCUT2D eigenvalue weighted by molar-refractivity contribution is 5.87. The summed E-state index contributed by atoms with van der Waals surface area (Å²) in [5.74, 6) is -1.18. The Balaban J connectivity index is 2.06. The summed E-state index contributed by atoms with van der Waals surface area (Å²) in [7, 11) is 2.73. The van der Waals surface area contributed by atoms with Gasteiger partial charge in [-0.3, -0.25) is 4.79 Å². The van der Waals surface area contributed by atoms with Crippen LogP contribution in [-0.2, 0) is 4.79 Å². The van der Waals surface area contributed by atoms with Crippen LogP contribution >= 0.6 is 0 Å². The molecule has 0 saturated carbocycles. The Morgan fingerprint density at radius 1 is 1.29 bits per heavy atom. The van der Waals surface area contributed by atoms with Gasteiger partial charge >= 0.3 is 6.18 Å². The number of halogens is 4. The van der Waals surface area contributed by atoms with Crippen LogP contribution in [0.1, 0.15) is 5.69 Å². The zero-order chi connectivity index (χ0) is 18.1. The van der Waals surface area contributed by atoms with Crippen molar-refractivity contribution in [3.05, 3.63) is 12.0 Å². The van der Waals surface area contributed by atoms with E-state index in [0.717, 1.165) is 7.05 Å². The Kier molecular flexibility index (Phi) is 4.90. The van der Waals surface area contributed by atoms with E-state index in [1.807, 2.05) is 0 Å². The SMILES string of the molecule is Cc1noc2ncnc(N(C)CCN(C)C(=O)C(F)C(F)(F)F)c12. The lowest BCUT2D eigenvalue weighted by Crippen LogP contribution is -2.44. The van der Waals surface area contributed by atoms with Gasteiger partial charge < -0.3 is 14.3 Å². The maximum Gasteiger partial charge on any atom is 0.428 e. The number of hydrogen-bond donors (Lipinski definition) is 0. The number of amides is 1. The van der Waals surface area contributed by atoms with E-state index in [2.05, 4.69) is 15.1 Å². The molecule has 0 saturated heterocycles. The first kappa shape index (κ1) is 17.9. The van der Waals surface area contributed by atoms with Gasteiger partial charge in [0.05, 0.1) is 5.69 Å². The molecule has 11 heteroatoms. The summed E-state index contributed by atoms with van der Waals surface area (Å²) >= 11 is 0. The Bertz CT molecular complexity index is 733. The first-order chi connectivity index (χ1) is 11.1. The molecule has 132 valence electrons. The second-order valence-corrected chi connectivity index (χ2v) is 5.23. The van der Waals surface area contributed by atoms with Crippen LogP contribution in [-0.4, -0.2) is 65.5 Å². The van der Waals surface area contributed by atoms with Crippen molar-refractivity contribution in [1.29, 1.82) is 0 Å². The van der Waals surface area contributed by atoms with Gasteiger partial charge in [-0.2, -0.15) is 18.2 Å². The number of rotatable bonds is 5. The van der Waals surface area contributed by atoms with Gasteiger partial charge in [0.2, 0.25) is 0 Å². The molecule has 0 bridgehead atoms. The van der Waals surface area contributed by atoms with E-state index in [0.29, 0.717) is 21.8 Å². The second-order valence-electron chi connectivity index (χ2n) is 5.23. The minimum absolute atomic E-state index is 0.123. The Hall–Kier alpha value is -2.46. The van der Waals surface area contributed by atoms with Gasteiger partial charge in [-0.05, 0) is 6.92 Å². The molecule has 24 heavy (non-hydrogen) atoms. The van der Waals surface area contributed by atoms with Gasteiger partial charge in [-0.15, -0.1) is 0 Å². The number of fused-ring (bicyclic) bond motifs is 1. The highest BCUT2D eigenvalue weighted by Crippen LogP contribution is 2.26. The summed E-state index contributed by atoms with van der Waals surface area (Å²) in [6.45, 7) is 1.70. The number of hydrogen-bond acceptors (Lipinski definition) is 6. The Labute approximate surface area is 134 Å². The van der Waals surface area contributed by atoms with Gasteiger partial charge in [-0.25, -0.2) is 9.37 Å². The number of carbonyl (C=O) groups is 1. The number of nitrogens with zero attached hydrogens (tertiary/aromatic N) is 5. The van der Waals surface area contributed by atoms with E-state index in [1.165, 1.54) is 6.33 Å². The summed E-state index contributed by atoms with van der Waals surface area (Å²) in [5, 5.41) is 4.33. The Morgan fingerprint density at radius 3 is 2.58 bits per heavy atom. The fourth-order valence-electron chi connectivity index (χ4n) is 2.04. The summed E-state index contributed by atoms with van der Waals surface area (Å²) in [6, 6.07) is 0. The number of alkyl halides is 4. The minimum Gasteiger partial charge on any atom is -0.357 e. The van der Waals surface area contributed by atoms with E-state index in [9.17, 15) is 22.4 Å². The fraction of sp³-hybridized carbons (Fsp3) is 0.538. The highest BCUT2D eigenvalue weighted by atomic mass is 19.4. The molecule has 2 aromatic rings. The maximum atomic E-state index is 13.0.